The molecule has 0 N–H and O–H groups in total. The number of nitrogens with zero attached hydrogens (tertiary/aromatic N) is 5. The predicted molar refractivity (Wildman–Crippen MR) is 177 cm³/mol. The number of hydrogen-bond donors (Lipinski definition) is 0. The van der Waals surface area contributed by atoms with E-state index in [4.69, 9.17) is 14.6 Å². The van der Waals surface area contributed by atoms with Gasteiger partial charge in [0.1, 0.15) is 5.69 Å². The predicted octanol–water partition coefficient (Wildman–Crippen LogP) is 6.53. The number of benzene rings is 3. The number of aromatic nitrogens is 5. The Morgan fingerprint density at radius 2 is 1.80 bits per heavy atom. The van der Waals surface area contributed by atoms with E-state index in [1.54, 1.807) is 13.2 Å². The van der Waals surface area contributed by atoms with Gasteiger partial charge in [-0.15, -0.1) is 5.10 Å². The van der Waals surface area contributed by atoms with Crippen LogP contribution >= 0.6 is 11.3 Å². The van der Waals surface area contributed by atoms with E-state index < -0.39 is 0 Å². The van der Waals surface area contributed by atoms with Crippen LogP contribution in [0.1, 0.15) is 47.8 Å². The number of rotatable bonds is 10. The minimum absolute atomic E-state index is 0.216. The molecule has 0 radical (unpaired) electrons. The Kier molecular flexibility index (Phi) is 8.38. The van der Waals surface area contributed by atoms with Gasteiger partial charge in [-0.05, 0) is 73.9 Å². The molecule has 0 saturated carbocycles. The third kappa shape index (κ3) is 6.05. The Morgan fingerprint density at radius 1 is 0.955 bits per heavy atom. The van der Waals surface area contributed by atoms with Gasteiger partial charge in [0.15, 0.2) is 17.3 Å². The maximum Gasteiger partial charge on any atom is 0.291 e. The number of aryl methyl sites for hydroxylation is 2. The molecule has 8 nitrogen and oxygen atoms in total. The molecule has 0 amide bonds. The molecule has 0 spiro atoms. The molecular formula is C35H33N5O3S. The van der Waals surface area contributed by atoms with Crippen molar-refractivity contribution >= 4 is 34.5 Å². The van der Waals surface area contributed by atoms with Gasteiger partial charge in [-0.1, -0.05) is 72.7 Å². The Labute approximate surface area is 259 Å². The van der Waals surface area contributed by atoms with Gasteiger partial charge < -0.3 is 9.47 Å². The fourth-order valence-electron chi connectivity index (χ4n) is 4.87. The van der Waals surface area contributed by atoms with E-state index in [0.717, 1.165) is 52.0 Å². The Hall–Kier alpha value is -5.02. The first-order valence-corrected chi connectivity index (χ1v) is 15.4. The summed E-state index contributed by atoms with van der Waals surface area (Å²) in [6.07, 6.45) is 9.58. The number of unbranched alkanes of at least 4 members (excludes halogenated alkanes) is 1. The van der Waals surface area contributed by atoms with Gasteiger partial charge in [0, 0.05) is 17.3 Å². The quantitative estimate of drug-likeness (QED) is 0.166. The molecule has 6 rings (SSSR count). The molecule has 0 aliphatic rings. The van der Waals surface area contributed by atoms with Crippen LogP contribution in [0.3, 0.4) is 0 Å². The minimum Gasteiger partial charge on any atom is -0.493 e. The van der Waals surface area contributed by atoms with Crippen LogP contribution < -0.4 is 19.6 Å². The van der Waals surface area contributed by atoms with Gasteiger partial charge in [0.2, 0.25) is 4.96 Å². The highest BCUT2D eigenvalue weighted by Gasteiger charge is 2.15. The van der Waals surface area contributed by atoms with Crippen LogP contribution in [0.4, 0.5) is 0 Å². The average Bonchev–Trinajstić information content (AvgIpc) is 3.72. The molecule has 0 fully saturated rings. The molecular weight excluding hydrogens is 570 g/mol. The second-order valence-corrected chi connectivity index (χ2v) is 11.6. The maximum atomic E-state index is 13.5. The van der Waals surface area contributed by atoms with Crippen LogP contribution in [0.15, 0.2) is 77.7 Å². The summed E-state index contributed by atoms with van der Waals surface area (Å²) in [7, 11) is 1.63. The normalized spacial score (nSPS) is 12.0. The van der Waals surface area contributed by atoms with Crippen molar-refractivity contribution in [1.82, 2.24) is 24.4 Å². The summed E-state index contributed by atoms with van der Waals surface area (Å²) in [6, 6.07) is 22.0. The second kappa shape index (κ2) is 12.7. The summed E-state index contributed by atoms with van der Waals surface area (Å²) in [5, 5.41) is 9.43. The molecule has 3 aromatic carbocycles. The molecule has 222 valence electrons. The number of hydrogen-bond acceptors (Lipinski definition) is 7. The van der Waals surface area contributed by atoms with Crippen molar-refractivity contribution in [2.45, 2.75) is 33.6 Å². The number of para-hydroxylation sites is 1. The lowest BCUT2D eigenvalue weighted by molar-refractivity contribution is 0.288. The fourth-order valence-corrected chi connectivity index (χ4v) is 5.78. The van der Waals surface area contributed by atoms with Crippen molar-refractivity contribution < 1.29 is 9.47 Å². The van der Waals surface area contributed by atoms with Crippen LogP contribution in [-0.2, 0) is 0 Å². The van der Waals surface area contributed by atoms with Crippen LogP contribution in [0.5, 0.6) is 11.5 Å². The zero-order valence-corrected chi connectivity index (χ0v) is 26.0. The molecule has 0 aliphatic carbocycles. The molecule has 3 aromatic heterocycles. The van der Waals surface area contributed by atoms with Gasteiger partial charge in [0.05, 0.1) is 23.9 Å². The number of methoxy groups -OCH3 is 1. The molecule has 0 unspecified atom stereocenters. The summed E-state index contributed by atoms with van der Waals surface area (Å²) in [6.45, 7) is 6.92. The highest BCUT2D eigenvalue weighted by atomic mass is 32.1. The maximum absolute atomic E-state index is 13.5. The number of thiazole rings is 1. The molecule has 0 aliphatic heterocycles. The summed E-state index contributed by atoms with van der Waals surface area (Å²) in [5.41, 5.74) is 6.58. The third-order valence-electron chi connectivity index (χ3n) is 7.26. The summed E-state index contributed by atoms with van der Waals surface area (Å²) in [4.78, 5) is 18.6. The topological polar surface area (TPSA) is 83.5 Å². The van der Waals surface area contributed by atoms with Gasteiger partial charge in [0.25, 0.3) is 5.56 Å². The largest absolute Gasteiger partial charge is 0.493 e. The van der Waals surface area contributed by atoms with Crippen molar-refractivity contribution in [2.75, 3.05) is 13.7 Å². The van der Waals surface area contributed by atoms with E-state index in [-0.39, 0.29) is 5.56 Å². The average molecular weight is 604 g/mol. The van der Waals surface area contributed by atoms with Crippen LogP contribution in [0, 0.1) is 13.8 Å². The lowest BCUT2D eigenvalue weighted by Gasteiger charge is -2.10. The van der Waals surface area contributed by atoms with E-state index in [0.29, 0.717) is 33.4 Å². The fraction of sp³-hybridized carbons (Fsp3) is 0.200. The van der Waals surface area contributed by atoms with Gasteiger partial charge in [-0.25, -0.2) is 4.68 Å². The highest BCUT2D eigenvalue weighted by molar-refractivity contribution is 7.15. The van der Waals surface area contributed by atoms with Crippen molar-refractivity contribution in [2.24, 2.45) is 0 Å². The number of fused-ring (bicyclic) bond motifs is 1. The van der Waals surface area contributed by atoms with Crippen molar-refractivity contribution in [3.05, 3.63) is 116 Å². The first-order valence-electron chi connectivity index (χ1n) is 14.6. The standard InChI is InChI=1S/C35H33N5O3S/c1-5-6-18-43-29-16-14-25(20-30(29)42-4)15-17-32-36-35-40(37-32)34(41)31(44-35)21-26-22-39(27-10-8-7-9-11-27)38-33(26)28-19-23(2)12-13-24(28)3/h7-17,19-22H,5-6,18H2,1-4H3/b17-15+,31-21-. The smallest absolute Gasteiger partial charge is 0.291 e. The second-order valence-electron chi connectivity index (χ2n) is 10.6. The molecule has 0 atom stereocenters. The van der Waals surface area contributed by atoms with Crippen LogP contribution in [-0.4, -0.2) is 38.1 Å². The zero-order valence-electron chi connectivity index (χ0n) is 25.2. The van der Waals surface area contributed by atoms with E-state index in [1.165, 1.54) is 15.9 Å². The number of ether oxygens (including phenoxy) is 2. The van der Waals surface area contributed by atoms with Crippen LogP contribution in [0.2, 0.25) is 0 Å². The SMILES string of the molecule is CCCCOc1ccc(/C=C/c2nc3s/c(=C\c4cn(-c5ccccc5)nc4-c4cc(C)ccc4C)c(=O)n3n2)cc1OC. The molecule has 0 bridgehead atoms. The van der Waals surface area contributed by atoms with E-state index in [9.17, 15) is 4.79 Å². The molecule has 9 heteroatoms. The monoisotopic (exact) mass is 603 g/mol. The Bertz CT molecular complexity index is 2070. The Balaban J connectivity index is 1.33. The first-order chi connectivity index (χ1) is 21.4. The minimum atomic E-state index is -0.216. The lowest BCUT2D eigenvalue weighted by atomic mass is 10.0. The zero-order chi connectivity index (χ0) is 30.6. The molecule has 44 heavy (non-hydrogen) atoms. The summed E-state index contributed by atoms with van der Waals surface area (Å²) in [5.74, 6) is 1.84. The van der Waals surface area contributed by atoms with Gasteiger partial charge in [-0.3, -0.25) is 4.79 Å². The van der Waals surface area contributed by atoms with Crippen LogP contribution in [0.25, 0.3) is 40.1 Å². The van der Waals surface area contributed by atoms with E-state index in [1.807, 2.05) is 71.6 Å². The molecule has 6 aromatic rings. The first kappa shape index (κ1) is 29.1. The molecule has 0 saturated heterocycles. The van der Waals surface area contributed by atoms with Gasteiger partial charge >= 0.3 is 0 Å². The van der Waals surface area contributed by atoms with E-state index in [2.05, 4.69) is 49.1 Å². The molecule has 3 heterocycles. The lowest BCUT2D eigenvalue weighted by Crippen LogP contribution is -2.23. The third-order valence-corrected chi connectivity index (χ3v) is 8.22. The summed E-state index contributed by atoms with van der Waals surface area (Å²) >= 11 is 1.31. The van der Waals surface area contributed by atoms with Crippen molar-refractivity contribution in [1.29, 1.82) is 0 Å². The summed E-state index contributed by atoms with van der Waals surface area (Å²) < 4.78 is 15.1. The highest BCUT2D eigenvalue weighted by Crippen LogP contribution is 2.30. The van der Waals surface area contributed by atoms with Crippen molar-refractivity contribution in [3.63, 3.8) is 0 Å². The Morgan fingerprint density at radius 3 is 2.57 bits per heavy atom. The van der Waals surface area contributed by atoms with E-state index >= 15 is 0 Å². The van der Waals surface area contributed by atoms with Gasteiger partial charge in [-0.2, -0.15) is 14.6 Å². The van der Waals surface area contributed by atoms with Crippen molar-refractivity contribution in [3.8, 4) is 28.4 Å².